The van der Waals surface area contributed by atoms with Crippen molar-refractivity contribution in [2.75, 3.05) is 13.2 Å². The number of aromatic nitrogens is 1. The van der Waals surface area contributed by atoms with Gasteiger partial charge in [-0.15, -0.1) is 0 Å². The highest BCUT2D eigenvalue weighted by Gasteiger charge is 2.32. The van der Waals surface area contributed by atoms with Gasteiger partial charge in [0.25, 0.3) is 10.2 Å². The fourth-order valence-electron chi connectivity index (χ4n) is 2.46. The lowest BCUT2D eigenvalue weighted by atomic mass is 10.1. The van der Waals surface area contributed by atoms with Crippen molar-refractivity contribution in [1.29, 1.82) is 0 Å². The molecule has 2 unspecified atom stereocenters. The molecule has 1 aromatic heterocycles. The molecular formula is C13H21N3O3S. The normalized spacial score (nSPS) is 22.6. The average molecular weight is 299 g/mol. The van der Waals surface area contributed by atoms with Crippen molar-refractivity contribution in [2.24, 2.45) is 0 Å². The van der Waals surface area contributed by atoms with Gasteiger partial charge in [0.05, 0.1) is 18.3 Å². The van der Waals surface area contributed by atoms with Crippen molar-refractivity contribution in [3.05, 3.63) is 30.1 Å². The Morgan fingerprint density at radius 2 is 2.30 bits per heavy atom. The number of aliphatic hydroxyl groups excluding tert-OH is 1. The van der Waals surface area contributed by atoms with Gasteiger partial charge >= 0.3 is 0 Å². The summed E-state index contributed by atoms with van der Waals surface area (Å²) in [5, 5.41) is 9.33. The van der Waals surface area contributed by atoms with Crippen LogP contribution < -0.4 is 4.72 Å². The van der Waals surface area contributed by atoms with Gasteiger partial charge in [0.15, 0.2) is 0 Å². The molecule has 112 valence electrons. The lowest BCUT2D eigenvalue weighted by Crippen LogP contribution is -2.50. The van der Waals surface area contributed by atoms with E-state index in [0.717, 1.165) is 12.8 Å². The fourth-order valence-corrected chi connectivity index (χ4v) is 4.09. The molecule has 2 rings (SSSR count). The lowest BCUT2D eigenvalue weighted by Gasteiger charge is -2.34. The summed E-state index contributed by atoms with van der Waals surface area (Å²) in [6.45, 7) is 2.08. The van der Waals surface area contributed by atoms with Gasteiger partial charge in [-0.05, 0) is 31.9 Å². The van der Waals surface area contributed by atoms with Crippen LogP contribution in [0.15, 0.2) is 24.4 Å². The van der Waals surface area contributed by atoms with E-state index in [1.165, 1.54) is 4.31 Å². The maximum absolute atomic E-state index is 12.4. The van der Waals surface area contributed by atoms with Crippen molar-refractivity contribution < 1.29 is 13.5 Å². The molecule has 1 saturated heterocycles. The highest BCUT2D eigenvalue weighted by atomic mass is 32.2. The summed E-state index contributed by atoms with van der Waals surface area (Å²) in [5.41, 5.74) is 0.675. The molecule has 1 aliphatic rings. The van der Waals surface area contributed by atoms with Crippen LogP contribution in [0.1, 0.15) is 37.9 Å². The van der Waals surface area contributed by atoms with E-state index in [2.05, 4.69) is 9.71 Å². The Morgan fingerprint density at radius 1 is 1.50 bits per heavy atom. The fraction of sp³-hybridized carbons (Fsp3) is 0.615. The van der Waals surface area contributed by atoms with E-state index >= 15 is 0 Å². The van der Waals surface area contributed by atoms with E-state index in [1.54, 1.807) is 25.3 Å². The van der Waals surface area contributed by atoms with Crippen molar-refractivity contribution in [2.45, 2.75) is 38.3 Å². The number of nitrogens with zero attached hydrogens (tertiary/aromatic N) is 2. The Hall–Kier alpha value is -1.02. The lowest BCUT2D eigenvalue weighted by molar-refractivity contribution is 0.153. The number of piperidine rings is 1. The zero-order chi connectivity index (χ0) is 14.6. The Labute approximate surface area is 120 Å². The summed E-state index contributed by atoms with van der Waals surface area (Å²) in [6, 6.07) is 4.67. The van der Waals surface area contributed by atoms with Crippen LogP contribution in [0.4, 0.5) is 0 Å². The van der Waals surface area contributed by atoms with E-state index in [4.69, 9.17) is 0 Å². The number of hydrogen-bond acceptors (Lipinski definition) is 4. The van der Waals surface area contributed by atoms with Crippen LogP contribution in [0.3, 0.4) is 0 Å². The summed E-state index contributed by atoms with van der Waals surface area (Å²) >= 11 is 0. The van der Waals surface area contributed by atoms with Gasteiger partial charge in [-0.25, -0.2) is 0 Å². The Bertz CT molecular complexity index is 521. The molecule has 0 bridgehead atoms. The van der Waals surface area contributed by atoms with E-state index in [-0.39, 0.29) is 12.6 Å². The first-order chi connectivity index (χ1) is 9.54. The molecule has 7 heteroatoms. The second-order valence-corrected chi connectivity index (χ2v) is 6.70. The quantitative estimate of drug-likeness (QED) is 0.843. The summed E-state index contributed by atoms with van der Waals surface area (Å²) in [7, 11) is -3.61. The van der Waals surface area contributed by atoms with E-state index in [1.807, 2.05) is 6.07 Å². The van der Waals surface area contributed by atoms with Gasteiger partial charge in [0, 0.05) is 18.8 Å². The van der Waals surface area contributed by atoms with Crippen LogP contribution in [0.2, 0.25) is 0 Å². The molecule has 0 saturated carbocycles. The molecule has 6 nitrogen and oxygen atoms in total. The zero-order valence-electron chi connectivity index (χ0n) is 11.6. The van der Waals surface area contributed by atoms with Crippen molar-refractivity contribution >= 4 is 10.2 Å². The predicted molar refractivity (Wildman–Crippen MR) is 76.1 cm³/mol. The third-order valence-corrected chi connectivity index (χ3v) is 5.30. The standard InChI is InChI=1S/C13H21N3O3S/c1-11(13-7-2-4-8-14-13)15-20(18,19)16-9-5-3-6-12(16)10-17/h2,4,7-8,11-12,15,17H,3,5-6,9-10H2,1H3. The second kappa shape index (κ2) is 6.62. The third kappa shape index (κ3) is 3.54. The van der Waals surface area contributed by atoms with Crippen LogP contribution in [0, 0.1) is 0 Å². The smallest absolute Gasteiger partial charge is 0.280 e. The van der Waals surface area contributed by atoms with Crippen LogP contribution in [-0.4, -0.2) is 42.0 Å². The van der Waals surface area contributed by atoms with E-state index in [0.29, 0.717) is 18.7 Å². The topological polar surface area (TPSA) is 82.5 Å². The number of pyridine rings is 1. The largest absolute Gasteiger partial charge is 0.395 e. The third-order valence-electron chi connectivity index (χ3n) is 3.55. The van der Waals surface area contributed by atoms with E-state index in [9.17, 15) is 13.5 Å². The molecule has 1 aromatic rings. The highest BCUT2D eigenvalue weighted by molar-refractivity contribution is 7.87. The molecular weight excluding hydrogens is 278 g/mol. The Morgan fingerprint density at radius 3 is 2.95 bits per heavy atom. The minimum atomic E-state index is -3.61. The van der Waals surface area contributed by atoms with Gasteiger partial charge < -0.3 is 5.11 Å². The highest BCUT2D eigenvalue weighted by Crippen LogP contribution is 2.21. The van der Waals surface area contributed by atoms with E-state index < -0.39 is 16.3 Å². The minimum absolute atomic E-state index is 0.140. The first kappa shape index (κ1) is 15.4. The molecule has 0 aromatic carbocycles. The van der Waals surface area contributed by atoms with Crippen molar-refractivity contribution in [3.8, 4) is 0 Å². The zero-order valence-corrected chi connectivity index (χ0v) is 12.4. The molecule has 0 aliphatic carbocycles. The first-order valence-corrected chi connectivity index (χ1v) is 8.29. The maximum atomic E-state index is 12.4. The molecule has 20 heavy (non-hydrogen) atoms. The SMILES string of the molecule is CC(NS(=O)(=O)N1CCCCC1CO)c1ccccn1. The number of aliphatic hydroxyl groups is 1. The molecule has 0 radical (unpaired) electrons. The Balaban J connectivity index is 2.10. The molecule has 1 fully saturated rings. The van der Waals surface area contributed by atoms with Crippen LogP contribution in [0.5, 0.6) is 0 Å². The second-order valence-electron chi connectivity index (χ2n) is 5.04. The van der Waals surface area contributed by atoms with Crippen LogP contribution in [0.25, 0.3) is 0 Å². The number of rotatable bonds is 5. The predicted octanol–water partition coefficient (Wildman–Crippen LogP) is 0.824. The van der Waals surface area contributed by atoms with Gasteiger partial charge in [-0.3, -0.25) is 4.98 Å². The van der Waals surface area contributed by atoms with Gasteiger partial charge in [0.1, 0.15) is 0 Å². The minimum Gasteiger partial charge on any atom is -0.395 e. The molecule has 1 aliphatic heterocycles. The first-order valence-electron chi connectivity index (χ1n) is 6.85. The monoisotopic (exact) mass is 299 g/mol. The van der Waals surface area contributed by atoms with Crippen molar-refractivity contribution in [1.82, 2.24) is 14.0 Å². The van der Waals surface area contributed by atoms with Gasteiger partial charge in [-0.2, -0.15) is 17.4 Å². The summed E-state index contributed by atoms with van der Waals surface area (Å²) in [6.07, 6.45) is 4.12. The summed E-state index contributed by atoms with van der Waals surface area (Å²) < 4.78 is 28.8. The average Bonchev–Trinajstić information content (AvgIpc) is 2.47. The number of hydrogen-bond donors (Lipinski definition) is 2. The van der Waals surface area contributed by atoms with Crippen LogP contribution in [-0.2, 0) is 10.2 Å². The number of nitrogens with one attached hydrogen (secondary N) is 1. The molecule has 0 spiro atoms. The summed E-state index contributed by atoms with van der Waals surface area (Å²) in [5.74, 6) is 0. The molecule has 2 N–H and O–H groups in total. The Kier molecular flexibility index (Phi) is 5.09. The van der Waals surface area contributed by atoms with Gasteiger partial charge in [-0.1, -0.05) is 12.5 Å². The molecule has 0 amide bonds. The van der Waals surface area contributed by atoms with Gasteiger partial charge in [0.2, 0.25) is 0 Å². The van der Waals surface area contributed by atoms with Crippen molar-refractivity contribution in [3.63, 3.8) is 0 Å². The van der Waals surface area contributed by atoms with Crippen LogP contribution >= 0.6 is 0 Å². The summed E-state index contributed by atoms with van der Waals surface area (Å²) in [4.78, 5) is 4.15. The molecule has 2 heterocycles. The molecule has 2 atom stereocenters. The maximum Gasteiger partial charge on any atom is 0.280 e.